The van der Waals surface area contributed by atoms with Gasteiger partial charge >= 0.3 is 12.1 Å². The molecule has 0 aliphatic carbocycles. The Hall–Kier alpha value is -3.30. The molecule has 1 heterocycles. The van der Waals surface area contributed by atoms with Crippen LogP contribution in [0.2, 0.25) is 5.02 Å². The molecule has 10 heteroatoms. The van der Waals surface area contributed by atoms with Crippen LogP contribution in [0.15, 0.2) is 65.6 Å². The molecule has 0 amide bonds. The molecule has 1 aliphatic rings. The average Bonchev–Trinajstić information content (AvgIpc) is 2.81. The van der Waals surface area contributed by atoms with Crippen molar-refractivity contribution in [2.24, 2.45) is 5.92 Å². The summed E-state index contributed by atoms with van der Waals surface area (Å²) in [5.74, 6) is -2.07. The van der Waals surface area contributed by atoms with Gasteiger partial charge in [-0.15, -0.1) is 0 Å². The van der Waals surface area contributed by atoms with Crippen molar-refractivity contribution >= 4 is 45.4 Å². The molecule has 36 heavy (non-hydrogen) atoms. The van der Waals surface area contributed by atoms with E-state index in [1.54, 1.807) is 31.2 Å². The maximum absolute atomic E-state index is 13.5. The van der Waals surface area contributed by atoms with E-state index in [2.05, 4.69) is 0 Å². The highest BCUT2D eigenvalue weighted by molar-refractivity contribution is 7.92. The molecule has 5 nitrogen and oxygen atoms in total. The molecule has 0 aromatic heterocycles. The molecule has 0 fully saturated rings. The second-order valence-electron chi connectivity index (χ2n) is 8.51. The quantitative estimate of drug-likeness (QED) is 0.390. The minimum Gasteiger partial charge on any atom is -0.481 e. The van der Waals surface area contributed by atoms with E-state index in [0.717, 1.165) is 15.9 Å². The maximum atomic E-state index is 13.5. The second kappa shape index (κ2) is 9.63. The van der Waals surface area contributed by atoms with E-state index in [4.69, 9.17) is 11.6 Å². The standard InChI is InChI=1S/C26H21ClF3NO4S/c1-16-4-2-5-20(12-16)36(34,35)31-15-19(25(32)33)14-18-10-8-17(13-24(18)31)9-11-21-22(26(28,29)30)6-3-7-23(21)27/h2-13,19H,14-15H2,1H3,(H,32,33)/b11-9+. The Balaban J connectivity index is 1.79. The number of anilines is 1. The van der Waals surface area contributed by atoms with Gasteiger partial charge in [0.05, 0.1) is 22.1 Å². The van der Waals surface area contributed by atoms with Crippen LogP contribution in [0.5, 0.6) is 0 Å². The van der Waals surface area contributed by atoms with Crippen LogP contribution in [0.1, 0.15) is 27.8 Å². The second-order valence-corrected chi connectivity index (χ2v) is 10.8. The van der Waals surface area contributed by atoms with Gasteiger partial charge in [-0.2, -0.15) is 13.2 Å². The van der Waals surface area contributed by atoms with Gasteiger partial charge in [-0.25, -0.2) is 8.42 Å². The number of carbonyl (C=O) groups is 1. The first-order chi connectivity index (χ1) is 16.9. The molecule has 1 unspecified atom stereocenters. The Labute approximate surface area is 211 Å². The Morgan fingerprint density at radius 1 is 1.08 bits per heavy atom. The zero-order valence-corrected chi connectivity index (χ0v) is 20.5. The summed E-state index contributed by atoms with van der Waals surface area (Å²) in [6, 6.07) is 14.5. The summed E-state index contributed by atoms with van der Waals surface area (Å²) in [6.45, 7) is 1.48. The number of benzene rings is 3. The van der Waals surface area contributed by atoms with Crippen LogP contribution in [-0.4, -0.2) is 26.0 Å². The van der Waals surface area contributed by atoms with Crippen molar-refractivity contribution in [3.63, 3.8) is 0 Å². The molecule has 3 aromatic rings. The van der Waals surface area contributed by atoms with E-state index in [1.807, 2.05) is 0 Å². The molecule has 1 N–H and O–H groups in total. The third-order valence-corrected chi connectivity index (χ3v) is 8.06. The largest absolute Gasteiger partial charge is 0.481 e. The number of fused-ring (bicyclic) bond motifs is 1. The number of aryl methyl sites for hydroxylation is 1. The Kier molecular flexibility index (Phi) is 6.90. The number of hydrogen-bond acceptors (Lipinski definition) is 3. The molecular formula is C26H21ClF3NO4S. The summed E-state index contributed by atoms with van der Waals surface area (Å²) in [5.41, 5.74) is 0.846. The monoisotopic (exact) mass is 535 g/mol. The third-order valence-electron chi connectivity index (χ3n) is 5.96. The Morgan fingerprint density at radius 2 is 1.81 bits per heavy atom. The van der Waals surface area contributed by atoms with Gasteiger partial charge in [-0.1, -0.05) is 54.1 Å². The summed E-state index contributed by atoms with van der Waals surface area (Å²) in [4.78, 5) is 11.8. The highest BCUT2D eigenvalue weighted by Gasteiger charge is 2.36. The fourth-order valence-electron chi connectivity index (χ4n) is 4.15. The predicted molar refractivity (Wildman–Crippen MR) is 132 cm³/mol. The molecule has 0 saturated carbocycles. The van der Waals surface area contributed by atoms with Crippen molar-refractivity contribution in [2.45, 2.75) is 24.4 Å². The summed E-state index contributed by atoms with van der Waals surface area (Å²) in [6.07, 6.45) is -1.84. The lowest BCUT2D eigenvalue weighted by atomic mass is 9.93. The fourth-order valence-corrected chi connectivity index (χ4v) is 6.03. The number of sulfonamides is 1. The molecule has 188 valence electrons. The molecule has 1 atom stereocenters. The lowest BCUT2D eigenvalue weighted by molar-refractivity contribution is -0.141. The number of halogens is 4. The molecule has 4 rings (SSSR count). The molecule has 0 spiro atoms. The summed E-state index contributed by atoms with van der Waals surface area (Å²) in [5, 5.41) is 9.53. The molecule has 0 radical (unpaired) electrons. The number of aliphatic carboxylic acids is 1. The van der Waals surface area contributed by atoms with Gasteiger partial charge < -0.3 is 5.11 Å². The summed E-state index contributed by atoms with van der Waals surface area (Å²) >= 11 is 6.03. The predicted octanol–water partition coefficient (Wildman–Crippen LogP) is 6.29. The third kappa shape index (κ3) is 5.12. The first-order valence-electron chi connectivity index (χ1n) is 10.9. The molecule has 0 saturated heterocycles. The number of alkyl halides is 3. The first-order valence-corrected chi connectivity index (χ1v) is 12.7. The first kappa shape index (κ1) is 25.8. The van der Waals surface area contributed by atoms with Gasteiger partial charge in [0.1, 0.15) is 0 Å². The SMILES string of the molecule is Cc1cccc(S(=O)(=O)N2CC(C(=O)O)Cc3ccc(/C=C/c4c(Cl)cccc4C(F)(F)F)cc32)c1. The van der Waals surface area contributed by atoms with Crippen molar-refractivity contribution in [3.8, 4) is 0 Å². The van der Waals surface area contributed by atoms with Crippen LogP contribution in [0, 0.1) is 12.8 Å². The number of nitrogens with zero attached hydrogens (tertiary/aromatic N) is 1. The zero-order chi connectivity index (χ0) is 26.3. The van der Waals surface area contributed by atoms with Crippen LogP contribution in [0.4, 0.5) is 18.9 Å². The van der Waals surface area contributed by atoms with Gasteiger partial charge in [-0.3, -0.25) is 9.10 Å². The number of carboxylic acid groups (broad SMARTS) is 1. The Bertz CT molecular complexity index is 1470. The minimum atomic E-state index is -4.61. The van der Waals surface area contributed by atoms with Gasteiger partial charge in [0, 0.05) is 17.1 Å². The highest BCUT2D eigenvalue weighted by Crippen LogP contribution is 2.38. The zero-order valence-electron chi connectivity index (χ0n) is 19.0. The molecule has 1 aliphatic heterocycles. The van der Waals surface area contributed by atoms with E-state index in [0.29, 0.717) is 11.1 Å². The number of carboxylic acids is 1. The smallest absolute Gasteiger partial charge is 0.417 e. The van der Waals surface area contributed by atoms with Gasteiger partial charge in [-0.05, 0) is 60.4 Å². The van der Waals surface area contributed by atoms with Crippen LogP contribution in [0.25, 0.3) is 12.2 Å². The average molecular weight is 536 g/mol. The van der Waals surface area contributed by atoms with Crippen LogP contribution < -0.4 is 4.31 Å². The van der Waals surface area contributed by atoms with Crippen molar-refractivity contribution < 1.29 is 31.5 Å². The molecule has 3 aromatic carbocycles. The number of hydrogen-bond donors (Lipinski definition) is 1. The molecule has 0 bridgehead atoms. The van der Waals surface area contributed by atoms with E-state index >= 15 is 0 Å². The van der Waals surface area contributed by atoms with Gasteiger partial charge in [0.2, 0.25) is 0 Å². The van der Waals surface area contributed by atoms with E-state index in [9.17, 15) is 31.5 Å². The number of rotatable bonds is 5. The minimum absolute atomic E-state index is 0.0197. The van der Waals surface area contributed by atoms with Gasteiger partial charge in [0.15, 0.2) is 0 Å². The van der Waals surface area contributed by atoms with Gasteiger partial charge in [0.25, 0.3) is 10.0 Å². The van der Waals surface area contributed by atoms with E-state index < -0.39 is 33.7 Å². The van der Waals surface area contributed by atoms with E-state index in [1.165, 1.54) is 42.5 Å². The fraction of sp³-hybridized carbons (Fsp3) is 0.192. The maximum Gasteiger partial charge on any atom is 0.417 e. The van der Waals surface area contributed by atoms with Crippen molar-refractivity contribution in [2.75, 3.05) is 10.8 Å². The normalized spacial score (nSPS) is 16.2. The van der Waals surface area contributed by atoms with Crippen LogP contribution in [0.3, 0.4) is 0 Å². The topological polar surface area (TPSA) is 74.7 Å². The van der Waals surface area contributed by atoms with Crippen molar-refractivity contribution in [1.82, 2.24) is 0 Å². The van der Waals surface area contributed by atoms with Crippen molar-refractivity contribution in [3.05, 3.63) is 93.5 Å². The highest BCUT2D eigenvalue weighted by atomic mass is 35.5. The molecular weight excluding hydrogens is 515 g/mol. The summed E-state index contributed by atoms with van der Waals surface area (Å²) < 4.78 is 68.4. The lowest BCUT2D eigenvalue weighted by Crippen LogP contribution is -2.42. The van der Waals surface area contributed by atoms with Crippen molar-refractivity contribution in [1.29, 1.82) is 0 Å². The van der Waals surface area contributed by atoms with E-state index in [-0.39, 0.29) is 34.1 Å². The lowest BCUT2D eigenvalue weighted by Gasteiger charge is -2.34. The summed E-state index contributed by atoms with van der Waals surface area (Å²) in [7, 11) is -4.10. The van der Waals surface area contributed by atoms with Crippen LogP contribution in [-0.2, 0) is 27.4 Å². The Morgan fingerprint density at radius 3 is 2.47 bits per heavy atom. The van der Waals surface area contributed by atoms with Crippen LogP contribution >= 0.6 is 11.6 Å².